The largest absolute Gasteiger partial charge is 0.496 e. The van der Waals surface area contributed by atoms with Gasteiger partial charge in [-0.25, -0.2) is 0 Å². The van der Waals surface area contributed by atoms with E-state index in [-0.39, 0.29) is 12.0 Å². The third-order valence-corrected chi connectivity index (χ3v) is 5.59. The van der Waals surface area contributed by atoms with Crippen LogP contribution in [0.3, 0.4) is 0 Å². The number of rotatable bonds is 7. The van der Waals surface area contributed by atoms with Crippen LogP contribution in [0.25, 0.3) is 5.69 Å². The number of methoxy groups -OCH3 is 1. The van der Waals surface area contributed by atoms with Crippen molar-refractivity contribution in [2.75, 3.05) is 26.8 Å². The predicted molar refractivity (Wildman–Crippen MR) is 119 cm³/mol. The van der Waals surface area contributed by atoms with Crippen LogP contribution < -0.4 is 10.1 Å². The van der Waals surface area contributed by atoms with Gasteiger partial charge in [-0.2, -0.15) is 4.68 Å². The third-order valence-electron chi connectivity index (χ3n) is 5.29. The average Bonchev–Trinajstić information content (AvgIpc) is 3.32. The number of hydrogen-bond acceptors (Lipinski definition) is 7. The SMILES string of the molecule is COc1cc(-n2cnnn2)c(Cl)cc1C(=O)NCc1cccc(CN2CCOC(C)C2)c1. The Bertz CT molecular complexity index is 1080. The van der Waals surface area contributed by atoms with Gasteiger partial charge in [-0.05, 0) is 34.5 Å². The number of tetrazole rings is 1. The molecule has 1 unspecified atom stereocenters. The second kappa shape index (κ2) is 10.1. The summed E-state index contributed by atoms with van der Waals surface area (Å²) in [6.45, 7) is 5.94. The van der Waals surface area contributed by atoms with Crippen LogP contribution in [-0.4, -0.2) is 63.9 Å². The molecular weight excluding hydrogens is 432 g/mol. The van der Waals surface area contributed by atoms with Gasteiger partial charge in [0.15, 0.2) is 0 Å². The molecule has 1 aliphatic heterocycles. The zero-order valence-electron chi connectivity index (χ0n) is 18.0. The highest BCUT2D eigenvalue weighted by Crippen LogP contribution is 2.29. The first kappa shape index (κ1) is 22.2. The van der Waals surface area contributed by atoms with Crippen molar-refractivity contribution in [2.45, 2.75) is 26.1 Å². The van der Waals surface area contributed by atoms with Gasteiger partial charge in [-0.3, -0.25) is 9.69 Å². The van der Waals surface area contributed by atoms with Gasteiger partial charge < -0.3 is 14.8 Å². The van der Waals surface area contributed by atoms with Crippen molar-refractivity contribution < 1.29 is 14.3 Å². The molecule has 0 spiro atoms. The van der Waals surface area contributed by atoms with E-state index in [1.165, 1.54) is 23.7 Å². The molecule has 3 aromatic rings. The summed E-state index contributed by atoms with van der Waals surface area (Å²) in [5, 5.41) is 14.3. The summed E-state index contributed by atoms with van der Waals surface area (Å²) < 4.78 is 12.4. The molecule has 1 aliphatic rings. The fraction of sp³-hybridized carbons (Fsp3) is 0.364. The highest BCUT2D eigenvalue weighted by molar-refractivity contribution is 6.33. The lowest BCUT2D eigenvalue weighted by Gasteiger charge is -2.31. The van der Waals surface area contributed by atoms with Gasteiger partial charge >= 0.3 is 0 Å². The van der Waals surface area contributed by atoms with E-state index in [0.29, 0.717) is 28.6 Å². The van der Waals surface area contributed by atoms with Crippen molar-refractivity contribution in [3.8, 4) is 11.4 Å². The molecule has 2 aromatic carbocycles. The number of carbonyl (C=O) groups is 1. The Hall–Kier alpha value is -3.01. The van der Waals surface area contributed by atoms with Gasteiger partial charge in [0.1, 0.15) is 12.1 Å². The smallest absolute Gasteiger partial charge is 0.255 e. The molecule has 2 heterocycles. The second-order valence-electron chi connectivity index (χ2n) is 7.68. The van der Waals surface area contributed by atoms with Gasteiger partial charge in [-0.15, -0.1) is 5.10 Å². The molecule has 1 aromatic heterocycles. The van der Waals surface area contributed by atoms with Crippen LogP contribution in [0.2, 0.25) is 5.02 Å². The molecule has 1 fully saturated rings. The number of hydrogen-bond donors (Lipinski definition) is 1. The molecule has 0 radical (unpaired) electrons. The summed E-state index contributed by atoms with van der Waals surface area (Å²) >= 11 is 6.37. The number of benzene rings is 2. The molecule has 1 amide bonds. The maximum Gasteiger partial charge on any atom is 0.255 e. The number of nitrogens with zero attached hydrogens (tertiary/aromatic N) is 5. The van der Waals surface area contributed by atoms with Crippen LogP contribution in [0.4, 0.5) is 0 Å². The van der Waals surface area contributed by atoms with Crippen molar-refractivity contribution in [3.63, 3.8) is 0 Å². The molecule has 4 rings (SSSR count). The first-order chi connectivity index (χ1) is 15.5. The monoisotopic (exact) mass is 456 g/mol. The van der Waals surface area contributed by atoms with E-state index in [0.717, 1.165) is 31.8 Å². The van der Waals surface area contributed by atoms with Crippen LogP contribution >= 0.6 is 11.6 Å². The summed E-state index contributed by atoms with van der Waals surface area (Å²) in [5.41, 5.74) is 3.09. The minimum Gasteiger partial charge on any atom is -0.496 e. The molecule has 168 valence electrons. The molecule has 32 heavy (non-hydrogen) atoms. The van der Waals surface area contributed by atoms with Crippen molar-refractivity contribution in [2.24, 2.45) is 0 Å². The lowest BCUT2D eigenvalue weighted by molar-refractivity contribution is -0.0212. The standard InChI is InChI=1S/C22H25ClN6O3/c1-15-12-28(6-7-32-15)13-17-5-3-4-16(8-17)11-24-22(30)18-9-19(23)20(10-21(18)31-2)29-14-25-26-27-29/h3-5,8-10,14-15H,6-7,11-13H2,1-2H3,(H,24,30). The van der Waals surface area contributed by atoms with Gasteiger partial charge in [0.25, 0.3) is 5.91 Å². The van der Waals surface area contributed by atoms with Crippen LogP contribution in [0.15, 0.2) is 42.7 Å². The van der Waals surface area contributed by atoms with Crippen molar-refractivity contribution in [1.82, 2.24) is 30.4 Å². The second-order valence-corrected chi connectivity index (χ2v) is 8.08. The maximum atomic E-state index is 12.9. The van der Waals surface area contributed by atoms with Crippen LogP contribution in [0.1, 0.15) is 28.4 Å². The number of nitrogens with one attached hydrogen (secondary N) is 1. The van der Waals surface area contributed by atoms with Gasteiger partial charge in [-0.1, -0.05) is 35.9 Å². The van der Waals surface area contributed by atoms with Crippen LogP contribution in [0, 0.1) is 0 Å². The minimum absolute atomic E-state index is 0.250. The maximum absolute atomic E-state index is 12.9. The number of carbonyl (C=O) groups excluding carboxylic acids is 1. The molecule has 1 N–H and O–H groups in total. The third kappa shape index (κ3) is 5.24. The summed E-state index contributed by atoms with van der Waals surface area (Å²) in [6, 6.07) is 11.4. The number of ether oxygens (including phenoxy) is 2. The fourth-order valence-corrected chi connectivity index (χ4v) is 3.99. The summed E-state index contributed by atoms with van der Waals surface area (Å²) in [7, 11) is 1.50. The van der Waals surface area contributed by atoms with E-state index < -0.39 is 0 Å². The molecule has 0 saturated carbocycles. The molecule has 1 saturated heterocycles. The first-order valence-corrected chi connectivity index (χ1v) is 10.7. The van der Waals surface area contributed by atoms with Crippen molar-refractivity contribution >= 4 is 17.5 Å². The zero-order valence-corrected chi connectivity index (χ0v) is 18.7. The summed E-state index contributed by atoms with van der Waals surface area (Å²) in [5.74, 6) is 0.104. The van der Waals surface area contributed by atoms with E-state index in [1.54, 1.807) is 12.1 Å². The van der Waals surface area contributed by atoms with Crippen molar-refractivity contribution in [3.05, 3.63) is 64.4 Å². The summed E-state index contributed by atoms with van der Waals surface area (Å²) in [4.78, 5) is 15.2. The molecular formula is C22H25ClN6O3. The fourth-order valence-electron chi connectivity index (χ4n) is 3.74. The normalized spacial score (nSPS) is 16.7. The Morgan fingerprint density at radius 3 is 2.91 bits per heavy atom. The van der Waals surface area contributed by atoms with E-state index in [1.807, 2.05) is 12.1 Å². The topological polar surface area (TPSA) is 94.4 Å². The predicted octanol–water partition coefficient (Wildman–Crippen LogP) is 2.48. The average molecular weight is 457 g/mol. The summed E-state index contributed by atoms with van der Waals surface area (Å²) in [6.07, 6.45) is 1.67. The number of halogens is 1. The van der Waals surface area contributed by atoms with Crippen LogP contribution in [-0.2, 0) is 17.8 Å². The molecule has 1 atom stereocenters. The molecule has 0 bridgehead atoms. The number of morpholine rings is 1. The van der Waals surface area contributed by atoms with E-state index in [9.17, 15) is 4.79 Å². The van der Waals surface area contributed by atoms with Crippen LogP contribution in [0.5, 0.6) is 5.75 Å². The molecule has 0 aliphatic carbocycles. The molecule has 9 nitrogen and oxygen atoms in total. The number of amides is 1. The van der Waals surface area contributed by atoms with E-state index >= 15 is 0 Å². The highest BCUT2D eigenvalue weighted by Gasteiger charge is 2.18. The Balaban J connectivity index is 1.43. The Kier molecular flexibility index (Phi) is 6.99. The van der Waals surface area contributed by atoms with E-state index in [4.69, 9.17) is 21.1 Å². The minimum atomic E-state index is -0.278. The quantitative estimate of drug-likeness (QED) is 0.583. The lowest BCUT2D eigenvalue weighted by Crippen LogP contribution is -2.40. The number of aromatic nitrogens is 4. The Morgan fingerprint density at radius 1 is 1.31 bits per heavy atom. The van der Waals surface area contributed by atoms with Gasteiger partial charge in [0, 0.05) is 32.2 Å². The molecule has 10 heteroatoms. The first-order valence-electron chi connectivity index (χ1n) is 10.3. The Morgan fingerprint density at radius 2 is 2.16 bits per heavy atom. The lowest BCUT2D eigenvalue weighted by atomic mass is 10.1. The van der Waals surface area contributed by atoms with Crippen molar-refractivity contribution in [1.29, 1.82) is 0 Å². The van der Waals surface area contributed by atoms with Gasteiger partial charge in [0.2, 0.25) is 0 Å². The Labute approximate surface area is 191 Å². The van der Waals surface area contributed by atoms with E-state index in [2.05, 4.69) is 44.8 Å². The van der Waals surface area contributed by atoms with Gasteiger partial charge in [0.05, 0.1) is 36.1 Å². The zero-order chi connectivity index (χ0) is 22.5. The highest BCUT2D eigenvalue weighted by atomic mass is 35.5.